The number of aryl methyl sites for hydroxylation is 1. The third-order valence-electron chi connectivity index (χ3n) is 3.64. The number of benzene rings is 1. The number of nitrogens with zero attached hydrogens (tertiary/aromatic N) is 3. The summed E-state index contributed by atoms with van der Waals surface area (Å²) >= 11 is 0. The van der Waals surface area contributed by atoms with Gasteiger partial charge in [0.15, 0.2) is 0 Å². The van der Waals surface area contributed by atoms with Gasteiger partial charge in [-0.15, -0.1) is 0 Å². The van der Waals surface area contributed by atoms with Gasteiger partial charge >= 0.3 is 0 Å². The van der Waals surface area contributed by atoms with Crippen molar-refractivity contribution in [2.45, 2.75) is 32.0 Å². The van der Waals surface area contributed by atoms with Crippen molar-refractivity contribution in [3.05, 3.63) is 47.8 Å². The molecule has 0 amide bonds. The van der Waals surface area contributed by atoms with Gasteiger partial charge in [0, 0.05) is 43.6 Å². The smallest absolute Gasteiger partial charge is 0.0534 e. The number of hydrogen-bond donors (Lipinski definition) is 1. The standard InChI is InChI=1S/C15H20N4/c1-18-9-12(8-17-18)10-19(14-6-7-14)11-13-4-2-3-5-15(13)16/h2-5,8-9,14H,6-7,10-11,16H2,1H3. The van der Waals surface area contributed by atoms with E-state index < -0.39 is 0 Å². The van der Waals surface area contributed by atoms with Crippen LogP contribution in [0.25, 0.3) is 0 Å². The van der Waals surface area contributed by atoms with Crippen LogP contribution >= 0.6 is 0 Å². The molecule has 1 saturated carbocycles. The minimum absolute atomic E-state index is 0.708. The Morgan fingerprint density at radius 2 is 2.11 bits per heavy atom. The Bertz CT molecular complexity index is 557. The number of anilines is 1. The molecule has 1 fully saturated rings. The summed E-state index contributed by atoms with van der Waals surface area (Å²) in [5.74, 6) is 0. The van der Waals surface area contributed by atoms with E-state index in [4.69, 9.17) is 5.73 Å². The lowest BCUT2D eigenvalue weighted by molar-refractivity contribution is 0.246. The number of nitrogens with two attached hydrogens (primary N) is 1. The van der Waals surface area contributed by atoms with Gasteiger partial charge in [-0.3, -0.25) is 9.58 Å². The fraction of sp³-hybridized carbons (Fsp3) is 0.400. The molecule has 4 heteroatoms. The van der Waals surface area contributed by atoms with E-state index in [-0.39, 0.29) is 0 Å². The molecule has 1 aromatic carbocycles. The second-order valence-electron chi connectivity index (χ2n) is 5.36. The predicted octanol–water partition coefficient (Wildman–Crippen LogP) is 2.17. The van der Waals surface area contributed by atoms with Crippen LogP contribution in [0.2, 0.25) is 0 Å². The van der Waals surface area contributed by atoms with Crippen LogP contribution in [-0.2, 0) is 20.1 Å². The van der Waals surface area contributed by atoms with E-state index in [9.17, 15) is 0 Å². The first-order valence-corrected chi connectivity index (χ1v) is 6.77. The molecule has 0 spiro atoms. The lowest BCUT2D eigenvalue weighted by Crippen LogP contribution is -2.25. The van der Waals surface area contributed by atoms with E-state index in [2.05, 4.69) is 28.3 Å². The van der Waals surface area contributed by atoms with Crippen molar-refractivity contribution < 1.29 is 0 Å². The monoisotopic (exact) mass is 256 g/mol. The number of aromatic nitrogens is 2. The zero-order valence-corrected chi connectivity index (χ0v) is 11.3. The van der Waals surface area contributed by atoms with Crippen molar-refractivity contribution in [3.63, 3.8) is 0 Å². The van der Waals surface area contributed by atoms with Crippen LogP contribution in [-0.4, -0.2) is 20.7 Å². The Hall–Kier alpha value is -1.81. The fourth-order valence-electron chi connectivity index (χ4n) is 2.44. The zero-order chi connectivity index (χ0) is 13.2. The second kappa shape index (κ2) is 5.05. The van der Waals surface area contributed by atoms with Crippen molar-refractivity contribution >= 4 is 5.69 Å². The molecule has 4 nitrogen and oxygen atoms in total. The Morgan fingerprint density at radius 3 is 2.74 bits per heavy atom. The Kier molecular flexibility index (Phi) is 3.25. The van der Waals surface area contributed by atoms with E-state index in [1.807, 2.05) is 30.1 Å². The molecule has 0 radical (unpaired) electrons. The lowest BCUT2D eigenvalue weighted by Gasteiger charge is -2.22. The van der Waals surface area contributed by atoms with Gasteiger partial charge in [0.05, 0.1) is 6.20 Å². The minimum atomic E-state index is 0.708. The second-order valence-corrected chi connectivity index (χ2v) is 5.36. The van der Waals surface area contributed by atoms with Gasteiger partial charge < -0.3 is 5.73 Å². The molecule has 0 bridgehead atoms. The third kappa shape index (κ3) is 2.96. The van der Waals surface area contributed by atoms with Crippen molar-refractivity contribution in [2.75, 3.05) is 5.73 Å². The van der Waals surface area contributed by atoms with Gasteiger partial charge in [-0.1, -0.05) is 18.2 Å². The van der Waals surface area contributed by atoms with Gasteiger partial charge in [-0.25, -0.2) is 0 Å². The first-order chi connectivity index (χ1) is 9.22. The van der Waals surface area contributed by atoms with E-state index in [0.29, 0.717) is 6.04 Å². The zero-order valence-electron chi connectivity index (χ0n) is 11.3. The van der Waals surface area contributed by atoms with E-state index in [1.165, 1.54) is 24.0 Å². The predicted molar refractivity (Wildman–Crippen MR) is 76.3 cm³/mol. The van der Waals surface area contributed by atoms with Gasteiger partial charge in [-0.05, 0) is 24.5 Å². The highest BCUT2D eigenvalue weighted by Gasteiger charge is 2.29. The molecule has 1 heterocycles. The summed E-state index contributed by atoms with van der Waals surface area (Å²) in [7, 11) is 1.96. The summed E-state index contributed by atoms with van der Waals surface area (Å²) < 4.78 is 1.86. The van der Waals surface area contributed by atoms with Crippen LogP contribution in [0.4, 0.5) is 5.69 Å². The number of nitrogen functional groups attached to an aromatic ring is 1. The molecular formula is C15H20N4. The van der Waals surface area contributed by atoms with E-state index in [1.54, 1.807) is 0 Å². The maximum Gasteiger partial charge on any atom is 0.0534 e. The maximum atomic E-state index is 6.04. The molecule has 19 heavy (non-hydrogen) atoms. The summed E-state index contributed by atoms with van der Waals surface area (Å²) in [6.07, 6.45) is 6.63. The van der Waals surface area contributed by atoms with Crippen LogP contribution in [0, 0.1) is 0 Å². The molecule has 1 aromatic heterocycles. The normalized spacial score (nSPS) is 15.1. The van der Waals surface area contributed by atoms with Crippen molar-refractivity contribution in [1.29, 1.82) is 0 Å². The summed E-state index contributed by atoms with van der Waals surface area (Å²) in [5, 5.41) is 4.24. The van der Waals surface area contributed by atoms with E-state index in [0.717, 1.165) is 18.8 Å². The topological polar surface area (TPSA) is 47.1 Å². The van der Waals surface area contributed by atoms with Crippen LogP contribution < -0.4 is 5.73 Å². The fourth-order valence-corrected chi connectivity index (χ4v) is 2.44. The number of hydrogen-bond acceptors (Lipinski definition) is 3. The molecule has 1 aliphatic carbocycles. The van der Waals surface area contributed by atoms with Gasteiger partial charge in [-0.2, -0.15) is 5.10 Å². The van der Waals surface area contributed by atoms with Gasteiger partial charge in [0.1, 0.15) is 0 Å². The van der Waals surface area contributed by atoms with Crippen LogP contribution in [0.15, 0.2) is 36.7 Å². The summed E-state index contributed by atoms with van der Waals surface area (Å²) in [6, 6.07) is 8.85. The first kappa shape index (κ1) is 12.2. The van der Waals surface area contributed by atoms with Crippen LogP contribution in [0.5, 0.6) is 0 Å². The molecule has 2 aromatic rings. The largest absolute Gasteiger partial charge is 0.398 e. The molecule has 0 unspecified atom stereocenters. The molecule has 1 aliphatic rings. The summed E-state index contributed by atoms with van der Waals surface area (Å²) in [4.78, 5) is 2.50. The third-order valence-corrected chi connectivity index (χ3v) is 3.64. The Balaban J connectivity index is 1.73. The minimum Gasteiger partial charge on any atom is -0.398 e. The van der Waals surface area contributed by atoms with Crippen LogP contribution in [0.1, 0.15) is 24.0 Å². The molecule has 3 rings (SSSR count). The number of rotatable bonds is 5. The summed E-state index contributed by atoms with van der Waals surface area (Å²) in [6.45, 7) is 1.87. The van der Waals surface area contributed by atoms with Crippen molar-refractivity contribution in [1.82, 2.24) is 14.7 Å². The van der Waals surface area contributed by atoms with Gasteiger partial charge in [0.25, 0.3) is 0 Å². The SMILES string of the molecule is Cn1cc(CN(Cc2ccccc2N)C2CC2)cn1. The highest BCUT2D eigenvalue weighted by Crippen LogP contribution is 2.30. The highest BCUT2D eigenvalue weighted by molar-refractivity contribution is 5.46. The summed E-state index contributed by atoms with van der Waals surface area (Å²) in [5.41, 5.74) is 9.42. The molecule has 0 saturated heterocycles. The molecular weight excluding hydrogens is 236 g/mol. The molecule has 0 atom stereocenters. The average molecular weight is 256 g/mol. The Labute approximate surface area is 113 Å². The maximum absolute atomic E-state index is 6.04. The lowest BCUT2D eigenvalue weighted by atomic mass is 10.1. The Morgan fingerprint density at radius 1 is 1.32 bits per heavy atom. The van der Waals surface area contributed by atoms with Crippen molar-refractivity contribution in [2.24, 2.45) is 7.05 Å². The highest BCUT2D eigenvalue weighted by atomic mass is 15.2. The van der Waals surface area contributed by atoms with E-state index >= 15 is 0 Å². The van der Waals surface area contributed by atoms with Crippen LogP contribution in [0.3, 0.4) is 0 Å². The first-order valence-electron chi connectivity index (χ1n) is 6.77. The van der Waals surface area contributed by atoms with Crippen molar-refractivity contribution in [3.8, 4) is 0 Å². The quantitative estimate of drug-likeness (QED) is 0.834. The molecule has 100 valence electrons. The molecule has 0 aliphatic heterocycles. The van der Waals surface area contributed by atoms with Gasteiger partial charge in [0.2, 0.25) is 0 Å². The average Bonchev–Trinajstić information content (AvgIpc) is 3.16. The number of para-hydroxylation sites is 1. The molecule has 2 N–H and O–H groups in total.